The molecule has 5 heteroatoms. The van der Waals surface area contributed by atoms with Crippen LogP contribution in [0.15, 0.2) is 36.4 Å². The van der Waals surface area contributed by atoms with Crippen LogP contribution < -0.4 is 0 Å². The van der Waals surface area contributed by atoms with Crippen LogP contribution in [0.25, 0.3) is 0 Å². The molecule has 0 radical (unpaired) electrons. The maximum atomic E-state index is 10.9. The van der Waals surface area contributed by atoms with E-state index in [9.17, 15) is 15.2 Å². The molecule has 1 aromatic heterocycles. The van der Waals surface area contributed by atoms with Crippen molar-refractivity contribution in [3.05, 3.63) is 61.8 Å². The Morgan fingerprint density at radius 2 is 2.05 bits per heavy atom. The number of aliphatic hydroxyl groups is 1. The molecule has 0 aliphatic heterocycles. The van der Waals surface area contributed by atoms with Crippen LogP contribution in [0.3, 0.4) is 0 Å². The summed E-state index contributed by atoms with van der Waals surface area (Å²) in [7, 11) is 0. The van der Waals surface area contributed by atoms with Gasteiger partial charge in [-0.3, -0.25) is 10.1 Å². The highest BCUT2D eigenvalue weighted by atomic mass is 32.1. The maximum absolute atomic E-state index is 10.9. The van der Waals surface area contributed by atoms with E-state index in [4.69, 9.17) is 0 Å². The summed E-state index contributed by atoms with van der Waals surface area (Å²) in [5, 5.41) is 21.1. The minimum Gasteiger partial charge on any atom is -0.387 e. The number of benzene rings is 1. The first kappa shape index (κ1) is 13.7. The van der Waals surface area contributed by atoms with E-state index in [1.54, 1.807) is 29.5 Å². The van der Waals surface area contributed by atoms with E-state index in [0.717, 1.165) is 11.3 Å². The minimum absolute atomic E-state index is 0.0637. The number of para-hydroxylation sites is 1. The van der Waals surface area contributed by atoms with Gasteiger partial charge in [-0.1, -0.05) is 25.1 Å². The van der Waals surface area contributed by atoms with E-state index >= 15 is 0 Å². The Kier molecular flexibility index (Phi) is 4.29. The SMILES string of the molecule is CCc1ccc(C(O)Cc2ccccc2[N+](=O)[O-])s1. The normalized spacial score (nSPS) is 12.3. The highest BCUT2D eigenvalue weighted by Gasteiger charge is 2.18. The highest BCUT2D eigenvalue weighted by Crippen LogP contribution is 2.29. The molecule has 4 nitrogen and oxygen atoms in total. The van der Waals surface area contributed by atoms with Crippen LogP contribution in [0, 0.1) is 10.1 Å². The molecule has 1 N–H and O–H groups in total. The molecule has 19 heavy (non-hydrogen) atoms. The van der Waals surface area contributed by atoms with Crippen molar-refractivity contribution in [3.8, 4) is 0 Å². The Balaban J connectivity index is 2.19. The number of nitro groups is 1. The maximum Gasteiger partial charge on any atom is 0.272 e. The van der Waals surface area contributed by atoms with Crippen LogP contribution >= 0.6 is 11.3 Å². The Hall–Kier alpha value is -1.72. The lowest BCUT2D eigenvalue weighted by atomic mass is 10.1. The average Bonchev–Trinajstić information content (AvgIpc) is 2.88. The molecule has 0 aliphatic rings. The van der Waals surface area contributed by atoms with Gasteiger partial charge in [-0.25, -0.2) is 0 Å². The fourth-order valence-electron chi connectivity index (χ4n) is 1.93. The lowest BCUT2D eigenvalue weighted by Gasteiger charge is -2.08. The van der Waals surface area contributed by atoms with E-state index in [2.05, 4.69) is 6.92 Å². The van der Waals surface area contributed by atoms with Crippen LogP contribution in [0.5, 0.6) is 0 Å². The van der Waals surface area contributed by atoms with Gasteiger partial charge in [-0.05, 0) is 18.6 Å². The van der Waals surface area contributed by atoms with Crippen molar-refractivity contribution >= 4 is 17.0 Å². The molecule has 1 unspecified atom stereocenters. The zero-order valence-corrected chi connectivity index (χ0v) is 11.4. The summed E-state index contributed by atoms with van der Waals surface area (Å²) < 4.78 is 0. The standard InChI is InChI=1S/C14H15NO3S/c1-2-11-7-8-14(19-11)13(16)9-10-5-3-4-6-12(10)15(17)18/h3-8,13,16H,2,9H2,1H3. The van der Waals surface area contributed by atoms with Crippen molar-refractivity contribution in [2.75, 3.05) is 0 Å². The first-order chi connectivity index (χ1) is 9.11. The first-order valence-corrected chi connectivity index (χ1v) is 6.92. The van der Waals surface area contributed by atoms with Gasteiger partial charge in [0.05, 0.1) is 11.0 Å². The van der Waals surface area contributed by atoms with E-state index in [1.165, 1.54) is 10.9 Å². The lowest BCUT2D eigenvalue weighted by molar-refractivity contribution is -0.385. The quantitative estimate of drug-likeness (QED) is 0.672. The second-order valence-electron chi connectivity index (χ2n) is 4.26. The number of nitrogens with zero attached hydrogens (tertiary/aromatic N) is 1. The van der Waals surface area contributed by atoms with Gasteiger partial charge in [0, 0.05) is 27.8 Å². The van der Waals surface area contributed by atoms with Crippen molar-refractivity contribution in [1.29, 1.82) is 0 Å². The molecule has 0 aliphatic carbocycles. The van der Waals surface area contributed by atoms with Gasteiger partial charge < -0.3 is 5.11 Å². The van der Waals surface area contributed by atoms with Crippen molar-refractivity contribution in [2.45, 2.75) is 25.9 Å². The van der Waals surface area contributed by atoms with Crippen LogP contribution in [-0.4, -0.2) is 10.0 Å². The van der Waals surface area contributed by atoms with Crippen molar-refractivity contribution in [2.24, 2.45) is 0 Å². The molecule has 1 aromatic carbocycles. The first-order valence-electron chi connectivity index (χ1n) is 6.10. The van der Waals surface area contributed by atoms with Gasteiger partial charge in [0.2, 0.25) is 0 Å². The molecule has 2 rings (SSSR count). The van der Waals surface area contributed by atoms with Crippen LogP contribution in [-0.2, 0) is 12.8 Å². The van der Waals surface area contributed by atoms with Gasteiger partial charge in [0.15, 0.2) is 0 Å². The monoisotopic (exact) mass is 277 g/mol. The third kappa shape index (κ3) is 3.19. The number of thiophene rings is 1. The fourth-order valence-corrected chi connectivity index (χ4v) is 2.87. The predicted octanol–water partition coefficient (Wildman–Crippen LogP) is 3.49. The smallest absolute Gasteiger partial charge is 0.272 e. The molecule has 2 aromatic rings. The summed E-state index contributed by atoms with van der Waals surface area (Å²) >= 11 is 1.55. The van der Waals surface area contributed by atoms with Gasteiger partial charge in [-0.15, -0.1) is 11.3 Å². The molecule has 100 valence electrons. The number of rotatable bonds is 5. The van der Waals surface area contributed by atoms with E-state index < -0.39 is 11.0 Å². The van der Waals surface area contributed by atoms with Gasteiger partial charge in [-0.2, -0.15) is 0 Å². The van der Waals surface area contributed by atoms with Crippen molar-refractivity contribution in [1.82, 2.24) is 0 Å². The fraction of sp³-hybridized carbons (Fsp3) is 0.286. The third-order valence-corrected chi connectivity index (χ3v) is 4.29. The second kappa shape index (κ2) is 5.95. The predicted molar refractivity (Wildman–Crippen MR) is 75.5 cm³/mol. The van der Waals surface area contributed by atoms with E-state index in [0.29, 0.717) is 5.56 Å². The van der Waals surface area contributed by atoms with Gasteiger partial charge in [0.25, 0.3) is 5.69 Å². The summed E-state index contributed by atoms with van der Waals surface area (Å²) in [5.74, 6) is 0. The molecule has 0 saturated heterocycles. The number of nitro benzene ring substituents is 1. The second-order valence-corrected chi connectivity index (χ2v) is 5.46. The molecule has 0 bridgehead atoms. The Bertz CT molecular complexity index is 580. The summed E-state index contributed by atoms with van der Waals surface area (Å²) in [6.07, 6.45) is 0.510. The van der Waals surface area contributed by atoms with E-state index in [1.807, 2.05) is 12.1 Å². The molecule has 1 heterocycles. The number of hydrogen-bond donors (Lipinski definition) is 1. The third-order valence-electron chi connectivity index (χ3n) is 2.96. The summed E-state index contributed by atoms with van der Waals surface area (Å²) in [6, 6.07) is 10.4. The van der Waals surface area contributed by atoms with Crippen LogP contribution in [0.4, 0.5) is 5.69 Å². The lowest BCUT2D eigenvalue weighted by Crippen LogP contribution is -2.02. The summed E-state index contributed by atoms with van der Waals surface area (Å²) in [4.78, 5) is 12.6. The molecular formula is C14H15NO3S. The Morgan fingerprint density at radius 1 is 1.32 bits per heavy atom. The molecular weight excluding hydrogens is 262 g/mol. The van der Waals surface area contributed by atoms with Crippen LogP contribution in [0.1, 0.15) is 28.3 Å². The highest BCUT2D eigenvalue weighted by molar-refractivity contribution is 7.12. The zero-order valence-electron chi connectivity index (χ0n) is 10.6. The van der Waals surface area contributed by atoms with Gasteiger partial charge >= 0.3 is 0 Å². The van der Waals surface area contributed by atoms with Gasteiger partial charge in [0.1, 0.15) is 0 Å². The topological polar surface area (TPSA) is 63.4 Å². The van der Waals surface area contributed by atoms with E-state index in [-0.39, 0.29) is 12.1 Å². The zero-order chi connectivity index (χ0) is 13.8. The summed E-state index contributed by atoms with van der Waals surface area (Å²) in [6.45, 7) is 2.06. The van der Waals surface area contributed by atoms with Crippen molar-refractivity contribution in [3.63, 3.8) is 0 Å². The number of aliphatic hydroxyl groups excluding tert-OH is 1. The number of hydrogen-bond acceptors (Lipinski definition) is 4. The minimum atomic E-state index is -0.689. The number of aryl methyl sites for hydroxylation is 1. The Labute approximate surface area is 115 Å². The Morgan fingerprint density at radius 3 is 2.68 bits per heavy atom. The van der Waals surface area contributed by atoms with Crippen molar-refractivity contribution < 1.29 is 10.0 Å². The molecule has 0 spiro atoms. The summed E-state index contributed by atoms with van der Waals surface area (Å²) in [5.41, 5.74) is 0.625. The molecule has 0 fully saturated rings. The molecule has 1 atom stereocenters. The molecule has 0 saturated carbocycles. The van der Waals surface area contributed by atoms with Crippen LogP contribution in [0.2, 0.25) is 0 Å². The molecule has 0 amide bonds. The average molecular weight is 277 g/mol. The largest absolute Gasteiger partial charge is 0.387 e.